The standard InChI is InChI=1S/C13H23N3O/c1-8(2)6-14-7-12-15-11-5-9(3)17-10(4)13(11)16-12/h8-10,14H,5-7H2,1-4H3,(H,15,16). The van der Waals surface area contributed by atoms with Crippen LogP contribution in [0.4, 0.5) is 0 Å². The molecule has 0 spiro atoms. The molecule has 2 heterocycles. The highest BCUT2D eigenvalue weighted by molar-refractivity contribution is 5.20. The predicted octanol–water partition coefficient (Wildman–Crippen LogP) is 2.18. The van der Waals surface area contributed by atoms with Crippen molar-refractivity contribution in [2.45, 2.75) is 52.9 Å². The fourth-order valence-electron chi connectivity index (χ4n) is 2.28. The molecule has 2 unspecified atom stereocenters. The number of nitrogens with zero attached hydrogens (tertiary/aromatic N) is 1. The first-order valence-corrected chi connectivity index (χ1v) is 6.50. The molecule has 0 saturated heterocycles. The van der Waals surface area contributed by atoms with Gasteiger partial charge in [-0.15, -0.1) is 0 Å². The second-order valence-electron chi connectivity index (χ2n) is 5.37. The van der Waals surface area contributed by atoms with Gasteiger partial charge in [-0.25, -0.2) is 4.98 Å². The summed E-state index contributed by atoms with van der Waals surface area (Å²) in [6.07, 6.45) is 1.34. The van der Waals surface area contributed by atoms with Crippen molar-refractivity contribution >= 4 is 0 Å². The molecular weight excluding hydrogens is 214 g/mol. The minimum absolute atomic E-state index is 0.115. The maximum atomic E-state index is 5.77. The van der Waals surface area contributed by atoms with Crippen LogP contribution in [0, 0.1) is 5.92 Å². The summed E-state index contributed by atoms with van der Waals surface area (Å²) in [6.45, 7) is 10.4. The van der Waals surface area contributed by atoms with Crippen LogP contribution >= 0.6 is 0 Å². The summed E-state index contributed by atoms with van der Waals surface area (Å²) in [5.74, 6) is 1.70. The summed E-state index contributed by atoms with van der Waals surface area (Å²) in [7, 11) is 0. The number of imidazole rings is 1. The minimum Gasteiger partial charge on any atom is -0.369 e. The molecule has 17 heavy (non-hydrogen) atoms. The van der Waals surface area contributed by atoms with Gasteiger partial charge in [-0.3, -0.25) is 0 Å². The van der Waals surface area contributed by atoms with Crippen LogP contribution in [0.25, 0.3) is 0 Å². The van der Waals surface area contributed by atoms with Gasteiger partial charge in [0.25, 0.3) is 0 Å². The normalized spacial score (nSPS) is 24.1. The molecule has 0 bridgehead atoms. The van der Waals surface area contributed by atoms with Crippen molar-refractivity contribution in [2.75, 3.05) is 6.54 Å². The SMILES string of the molecule is CC(C)CNCc1nc2c([nH]1)CC(C)OC2C. The van der Waals surface area contributed by atoms with Gasteiger partial charge >= 0.3 is 0 Å². The lowest BCUT2D eigenvalue weighted by Crippen LogP contribution is -2.21. The van der Waals surface area contributed by atoms with Gasteiger partial charge in [0.2, 0.25) is 0 Å². The van der Waals surface area contributed by atoms with Gasteiger partial charge in [0.15, 0.2) is 0 Å². The third-order valence-corrected chi connectivity index (χ3v) is 3.02. The zero-order chi connectivity index (χ0) is 12.4. The molecule has 0 amide bonds. The molecule has 0 radical (unpaired) electrons. The molecule has 2 N–H and O–H groups in total. The van der Waals surface area contributed by atoms with E-state index in [1.807, 2.05) is 0 Å². The smallest absolute Gasteiger partial charge is 0.120 e. The first-order valence-electron chi connectivity index (χ1n) is 6.50. The monoisotopic (exact) mass is 237 g/mol. The topological polar surface area (TPSA) is 49.9 Å². The van der Waals surface area contributed by atoms with Gasteiger partial charge in [-0.1, -0.05) is 13.8 Å². The maximum absolute atomic E-state index is 5.77. The summed E-state index contributed by atoms with van der Waals surface area (Å²) in [4.78, 5) is 8.03. The highest BCUT2D eigenvalue weighted by atomic mass is 16.5. The van der Waals surface area contributed by atoms with Crippen molar-refractivity contribution < 1.29 is 4.74 Å². The van der Waals surface area contributed by atoms with Crippen LogP contribution in [0.2, 0.25) is 0 Å². The molecule has 2 atom stereocenters. The Morgan fingerprint density at radius 3 is 2.94 bits per heavy atom. The number of nitrogens with one attached hydrogen (secondary N) is 2. The van der Waals surface area contributed by atoms with E-state index in [4.69, 9.17) is 4.74 Å². The second-order valence-corrected chi connectivity index (χ2v) is 5.37. The van der Waals surface area contributed by atoms with E-state index in [1.165, 1.54) is 5.69 Å². The van der Waals surface area contributed by atoms with E-state index in [1.54, 1.807) is 0 Å². The van der Waals surface area contributed by atoms with E-state index in [2.05, 4.69) is 43.0 Å². The van der Waals surface area contributed by atoms with E-state index in [9.17, 15) is 0 Å². The van der Waals surface area contributed by atoms with Crippen LogP contribution < -0.4 is 5.32 Å². The van der Waals surface area contributed by atoms with Crippen molar-refractivity contribution in [3.63, 3.8) is 0 Å². The van der Waals surface area contributed by atoms with Gasteiger partial charge in [0, 0.05) is 12.1 Å². The first kappa shape index (κ1) is 12.6. The third-order valence-electron chi connectivity index (χ3n) is 3.02. The Balaban J connectivity index is 1.99. The Labute approximate surface area is 103 Å². The average Bonchev–Trinajstić information content (AvgIpc) is 2.60. The highest BCUT2D eigenvalue weighted by Crippen LogP contribution is 2.27. The number of rotatable bonds is 4. The molecule has 0 aromatic carbocycles. The lowest BCUT2D eigenvalue weighted by molar-refractivity contribution is -0.00757. The summed E-state index contributed by atoms with van der Waals surface area (Å²) in [5.41, 5.74) is 2.34. The molecule has 1 aromatic rings. The zero-order valence-electron chi connectivity index (χ0n) is 11.2. The van der Waals surface area contributed by atoms with Crippen molar-refractivity contribution in [1.82, 2.24) is 15.3 Å². The summed E-state index contributed by atoms with van der Waals surface area (Å²) in [5, 5.41) is 3.40. The molecule has 0 saturated carbocycles. The van der Waals surface area contributed by atoms with Gasteiger partial charge in [-0.05, 0) is 26.3 Å². The minimum atomic E-state index is 0.115. The second kappa shape index (κ2) is 5.19. The van der Waals surface area contributed by atoms with Crippen LogP contribution in [-0.2, 0) is 17.7 Å². The summed E-state index contributed by atoms with van der Waals surface area (Å²) < 4.78 is 5.77. The van der Waals surface area contributed by atoms with Crippen LogP contribution in [0.5, 0.6) is 0 Å². The zero-order valence-corrected chi connectivity index (χ0v) is 11.2. The third kappa shape index (κ3) is 3.07. The molecule has 1 aliphatic heterocycles. The number of hydrogen-bond donors (Lipinski definition) is 2. The molecule has 0 fully saturated rings. The Bertz CT molecular complexity index is 373. The van der Waals surface area contributed by atoms with E-state index in [0.717, 1.165) is 31.0 Å². The lowest BCUT2D eigenvalue weighted by atomic mass is 10.1. The number of fused-ring (bicyclic) bond motifs is 1. The molecule has 1 aromatic heterocycles. The number of ether oxygens (including phenoxy) is 1. The van der Waals surface area contributed by atoms with Gasteiger partial charge in [0.05, 0.1) is 24.4 Å². The first-order chi connectivity index (χ1) is 8.06. The average molecular weight is 237 g/mol. The highest BCUT2D eigenvalue weighted by Gasteiger charge is 2.25. The quantitative estimate of drug-likeness (QED) is 0.844. The van der Waals surface area contributed by atoms with Gasteiger partial charge in [0.1, 0.15) is 5.82 Å². The Morgan fingerprint density at radius 1 is 1.47 bits per heavy atom. The maximum Gasteiger partial charge on any atom is 0.120 e. The van der Waals surface area contributed by atoms with Gasteiger partial charge in [-0.2, -0.15) is 0 Å². The molecule has 4 nitrogen and oxygen atoms in total. The Morgan fingerprint density at radius 2 is 2.24 bits per heavy atom. The molecule has 1 aliphatic rings. The van der Waals surface area contributed by atoms with Crippen LogP contribution in [0.1, 0.15) is 51.0 Å². The fraction of sp³-hybridized carbons (Fsp3) is 0.769. The van der Waals surface area contributed by atoms with Crippen molar-refractivity contribution in [1.29, 1.82) is 0 Å². The largest absolute Gasteiger partial charge is 0.369 e. The van der Waals surface area contributed by atoms with Crippen LogP contribution in [0.15, 0.2) is 0 Å². The van der Waals surface area contributed by atoms with Gasteiger partial charge < -0.3 is 15.0 Å². The number of hydrogen-bond acceptors (Lipinski definition) is 3. The van der Waals surface area contributed by atoms with Crippen LogP contribution in [0.3, 0.4) is 0 Å². The van der Waals surface area contributed by atoms with Crippen molar-refractivity contribution in [2.24, 2.45) is 5.92 Å². The molecule has 0 aliphatic carbocycles. The van der Waals surface area contributed by atoms with Crippen molar-refractivity contribution in [3.8, 4) is 0 Å². The van der Waals surface area contributed by atoms with Crippen LogP contribution in [-0.4, -0.2) is 22.6 Å². The molecule has 2 rings (SSSR count). The number of H-pyrrole nitrogens is 1. The number of aromatic amines is 1. The van der Waals surface area contributed by atoms with E-state index >= 15 is 0 Å². The predicted molar refractivity (Wildman–Crippen MR) is 67.8 cm³/mol. The summed E-state index contributed by atoms with van der Waals surface area (Å²) >= 11 is 0. The van der Waals surface area contributed by atoms with E-state index in [-0.39, 0.29) is 12.2 Å². The Kier molecular flexibility index (Phi) is 3.84. The lowest BCUT2D eigenvalue weighted by Gasteiger charge is -2.23. The summed E-state index contributed by atoms with van der Waals surface area (Å²) in [6, 6.07) is 0. The van der Waals surface area contributed by atoms with E-state index in [0.29, 0.717) is 5.92 Å². The fourth-order valence-corrected chi connectivity index (χ4v) is 2.28. The molecule has 4 heteroatoms. The number of aromatic nitrogens is 2. The van der Waals surface area contributed by atoms with Crippen molar-refractivity contribution in [3.05, 3.63) is 17.2 Å². The molecule has 96 valence electrons. The molecular formula is C13H23N3O. The Hall–Kier alpha value is -0.870. The van der Waals surface area contributed by atoms with E-state index < -0.39 is 0 Å².